The number of fused-ring (bicyclic) bond motifs is 2. The monoisotopic (exact) mass is 503 g/mol. The molecule has 0 bridgehead atoms. The van der Waals surface area contributed by atoms with E-state index in [0.29, 0.717) is 9.79 Å². The van der Waals surface area contributed by atoms with Gasteiger partial charge in [-0.15, -0.1) is 0 Å². The number of carbonyl (C=O) groups excluding carboxylic acids is 1. The highest BCUT2D eigenvalue weighted by Gasteiger charge is 2.44. The number of hydrogen-bond donors (Lipinski definition) is 0. The molecule has 3 aromatic carbocycles. The van der Waals surface area contributed by atoms with Crippen molar-refractivity contribution in [3.05, 3.63) is 72.8 Å². The van der Waals surface area contributed by atoms with Crippen LogP contribution in [0.5, 0.6) is 0 Å². The summed E-state index contributed by atoms with van der Waals surface area (Å²) in [5.74, 6) is -1.06. The second-order valence-corrected chi connectivity index (χ2v) is 13.8. The number of rotatable bonds is 6. The first-order valence-electron chi connectivity index (χ1n) is 10.3. The zero-order valence-electron chi connectivity index (χ0n) is 18.1. The quantitative estimate of drug-likeness (QED) is 0.293. The molecule has 0 saturated heterocycles. The Morgan fingerprint density at radius 1 is 0.879 bits per heavy atom. The van der Waals surface area contributed by atoms with Crippen LogP contribution in [0.1, 0.15) is 13.8 Å². The van der Waals surface area contributed by atoms with Crippen LogP contribution in [0.25, 0.3) is 0 Å². The van der Waals surface area contributed by atoms with Crippen molar-refractivity contribution < 1.29 is 26.4 Å². The fourth-order valence-corrected chi connectivity index (χ4v) is 9.28. The van der Waals surface area contributed by atoms with E-state index in [0.717, 1.165) is 4.90 Å². The number of esters is 1. The molecule has 0 amide bonds. The van der Waals surface area contributed by atoms with Gasteiger partial charge in [-0.05, 0) is 48.5 Å². The van der Waals surface area contributed by atoms with Gasteiger partial charge in [-0.3, -0.25) is 4.79 Å². The molecular weight excluding hydrogens is 480 g/mol. The van der Waals surface area contributed by atoms with E-state index in [-0.39, 0.29) is 33.0 Å². The van der Waals surface area contributed by atoms with Gasteiger partial charge in [0.1, 0.15) is 27.3 Å². The Bertz CT molecular complexity index is 1360. The van der Waals surface area contributed by atoms with E-state index in [1.54, 1.807) is 74.5 Å². The van der Waals surface area contributed by atoms with Crippen LogP contribution in [-0.2, 0) is 40.1 Å². The fraction of sp³-hybridized carbons (Fsp3) is 0.208. The predicted octanol–water partition coefficient (Wildman–Crippen LogP) is 3.90. The summed E-state index contributed by atoms with van der Waals surface area (Å²) in [6.07, 6.45) is 0. The summed E-state index contributed by atoms with van der Waals surface area (Å²) in [5.41, 5.74) is 0. The van der Waals surface area contributed by atoms with Crippen molar-refractivity contribution in [2.45, 2.75) is 43.2 Å². The lowest BCUT2D eigenvalue weighted by Crippen LogP contribution is -2.20. The van der Waals surface area contributed by atoms with Gasteiger partial charge in [-0.2, -0.15) is 0 Å². The fourth-order valence-electron chi connectivity index (χ4n) is 3.49. The Balaban J connectivity index is 1.67. The van der Waals surface area contributed by atoms with Crippen LogP contribution in [0.4, 0.5) is 0 Å². The van der Waals surface area contributed by atoms with Crippen LogP contribution in [0, 0.1) is 5.92 Å². The van der Waals surface area contributed by atoms with Crippen LogP contribution < -0.4 is 0 Å². The molecule has 3 aromatic rings. The average molecular weight is 504 g/mol. The zero-order chi connectivity index (χ0) is 23.8. The van der Waals surface area contributed by atoms with Crippen LogP contribution in [0.2, 0.25) is 0 Å². The SMILES string of the molecule is CC(C)C(=O)OCCS(=O)(=O)c1ccc([S+]2c3ccccc3S(=O)(=O)c3ccccc32)cc1. The van der Waals surface area contributed by atoms with Gasteiger partial charge < -0.3 is 4.74 Å². The molecule has 1 aliphatic rings. The average Bonchev–Trinajstić information content (AvgIpc) is 2.79. The number of hydrogen-bond acceptors (Lipinski definition) is 6. The normalized spacial score (nSPS) is 15.0. The summed E-state index contributed by atoms with van der Waals surface area (Å²) in [6.45, 7) is 3.16. The maximum Gasteiger partial charge on any atom is 0.308 e. The van der Waals surface area contributed by atoms with Gasteiger partial charge in [0, 0.05) is 0 Å². The third-order valence-corrected chi connectivity index (χ3v) is 11.4. The number of ether oxygens (including phenoxy) is 1. The van der Waals surface area contributed by atoms with Gasteiger partial charge in [0.25, 0.3) is 0 Å². The third-order valence-electron chi connectivity index (χ3n) is 5.20. The predicted molar refractivity (Wildman–Crippen MR) is 125 cm³/mol. The molecule has 172 valence electrons. The molecular formula is C24H23O6S3+. The number of sulfone groups is 2. The summed E-state index contributed by atoms with van der Waals surface area (Å²) in [4.78, 5) is 14.4. The lowest BCUT2D eigenvalue weighted by atomic mass is 10.2. The Kier molecular flexibility index (Phi) is 6.39. The largest absolute Gasteiger partial charge is 0.464 e. The van der Waals surface area contributed by atoms with Crippen LogP contribution in [0.15, 0.2) is 102 Å². The molecule has 9 heteroatoms. The molecule has 0 spiro atoms. The molecule has 4 rings (SSSR count). The number of carbonyl (C=O) groups is 1. The molecule has 1 heterocycles. The molecule has 33 heavy (non-hydrogen) atoms. The van der Waals surface area contributed by atoms with E-state index >= 15 is 0 Å². The molecule has 0 aromatic heterocycles. The third kappa shape index (κ3) is 4.45. The molecule has 0 aliphatic carbocycles. The second-order valence-electron chi connectivity index (χ2n) is 7.82. The molecule has 0 radical (unpaired) electrons. The summed E-state index contributed by atoms with van der Waals surface area (Å²) >= 11 is 0. The summed E-state index contributed by atoms with van der Waals surface area (Å²) in [7, 11) is -7.97. The first-order valence-corrected chi connectivity index (χ1v) is 14.7. The van der Waals surface area contributed by atoms with E-state index in [9.17, 15) is 21.6 Å². The Morgan fingerprint density at radius 2 is 1.39 bits per heavy atom. The van der Waals surface area contributed by atoms with Crippen LogP contribution in [-0.4, -0.2) is 35.2 Å². The maximum absolute atomic E-state index is 13.1. The van der Waals surface area contributed by atoms with Crippen molar-refractivity contribution in [3.8, 4) is 0 Å². The summed E-state index contributed by atoms with van der Waals surface area (Å²) < 4.78 is 56.6. The van der Waals surface area contributed by atoms with Crippen molar-refractivity contribution in [1.29, 1.82) is 0 Å². The van der Waals surface area contributed by atoms with Crippen molar-refractivity contribution in [2.24, 2.45) is 5.92 Å². The molecule has 0 N–H and O–H groups in total. The van der Waals surface area contributed by atoms with E-state index in [1.807, 2.05) is 0 Å². The Hall–Kier alpha value is -2.62. The minimum atomic E-state index is -3.64. The van der Waals surface area contributed by atoms with Crippen molar-refractivity contribution >= 4 is 36.5 Å². The molecule has 0 unspecified atom stereocenters. The van der Waals surface area contributed by atoms with Gasteiger partial charge in [0.15, 0.2) is 24.5 Å². The molecule has 0 atom stereocenters. The van der Waals surface area contributed by atoms with E-state index in [4.69, 9.17) is 4.74 Å². The van der Waals surface area contributed by atoms with Gasteiger partial charge >= 0.3 is 5.97 Å². The lowest BCUT2D eigenvalue weighted by Gasteiger charge is -2.19. The van der Waals surface area contributed by atoms with Gasteiger partial charge in [0.2, 0.25) is 9.84 Å². The van der Waals surface area contributed by atoms with Crippen LogP contribution in [0.3, 0.4) is 0 Å². The van der Waals surface area contributed by atoms with E-state index in [2.05, 4.69) is 0 Å². The molecule has 1 aliphatic heterocycles. The Morgan fingerprint density at radius 3 is 1.91 bits per heavy atom. The minimum absolute atomic E-state index is 0.127. The standard InChI is InChI=1S/C24H23O6S3/c1-17(2)24(25)30-15-16-32(26,27)19-13-11-18(12-14-19)31-20-7-3-5-9-22(20)33(28,29)23-10-6-4-8-21(23)31/h3-14,17H,15-16H2,1-2H3/q+1. The summed E-state index contributed by atoms with van der Waals surface area (Å²) in [6, 6.07) is 20.3. The number of benzene rings is 3. The second kappa shape index (κ2) is 8.96. The lowest BCUT2D eigenvalue weighted by molar-refractivity contribution is -0.146. The van der Waals surface area contributed by atoms with Crippen molar-refractivity contribution in [1.82, 2.24) is 0 Å². The minimum Gasteiger partial charge on any atom is -0.464 e. The molecule has 6 nitrogen and oxygen atoms in total. The molecule has 0 fully saturated rings. The first-order chi connectivity index (χ1) is 15.6. The summed E-state index contributed by atoms with van der Waals surface area (Å²) in [5, 5.41) is 0. The van der Waals surface area contributed by atoms with E-state index < -0.39 is 36.5 Å². The highest BCUT2D eigenvalue weighted by Crippen LogP contribution is 2.44. The van der Waals surface area contributed by atoms with Gasteiger partial charge in [0.05, 0.1) is 16.6 Å². The van der Waals surface area contributed by atoms with Crippen molar-refractivity contribution in [3.63, 3.8) is 0 Å². The van der Waals surface area contributed by atoms with E-state index in [1.165, 1.54) is 12.1 Å². The van der Waals surface area contributed by atoms with Crippen LogP contribution >= 0.6 is 0 Å². The smallest absolute Gasteiger partial charge is 0.308 e. The topological polar surface area (TPSA) is 94.6 Å². The Labute approximate surface area is 196 Å². The van der Waals surface area contributed by atoms with Gasteiger partial charge in [-0.1, -0.05) is 38.1 Å². The van der Waals surface area contributed by atoms with Crippen molar-refractivity contribution in [2.75, 3.05) is 12.4 Å². The zero-order valence-corrected chi connectivity index (χ0v) is 20.5. The highest BCUT2D eigenvalue weighted by molar-refractivity contribution is 8.00. The first kappa shape index (κ1) is 23.5. The maximum atomic E-state index is 13.1. The van der Waals surface area contributed by atoms with Gasteiger partial charge in [-0.25, -0.2) is 16.8 Å². The molecule has 0 saturated carbocycles. The highest BCUT2D eigenvalue weighted by atomic mass is 32.2.